The zero-order valence-corrected chi connectivity index (χ0v) is 12.7. The van der Waals surface area contributed by atoms with E-state index in [2.05, 4.69) is 49.0 Å². The van der Waals surface area contributed by atoms with E-state index in [0.29, 0.717) is 11.8 Å². The van der Waals surface area contributed by atoms with Crippen molar-refractivity contribution in [2.24, 2.45) is 0 Å². The van der Waals surface area contributed by atoms with Crippen LogP contribution in [0.5, 0.6) is 0 Å². The lowest BCUT2D eigenvalue weighted by molar-refractivity contribution is 0.500. The molecular formula is C12H12Br2N2O. The molecule has 90 valence electrons. The van der Waals surface area contributed by atoms with E-state index in [1.165, 1.54) is 0 Å². The number of hydrogen-bond acceptors (Lipinski definition) is 3. The van der Waals surface area contributed by atoms with E-state index in [0.717, 1.165) is 22.0 Å². The van der Waals surface area contributed by atoms with Gasteiger partial charge in [0.25, 0.3) is 0 Å². The van der Waals surface area contributed by atoms with Crippen LogP contribution in [-0.2, 0) is 0 Å². The third-order valence-electron chi connectivity index (χ3n) is 2.47. The fourth-order valence-corrected chi connectivity index (χ4v) is 1.86. The van der Waals surface area contributed by atoms with Gasteiger partial charge in [-0.05, 0) is 37.1 Å². The van der Waals surface area contributed by atoms with Crippen LogP contribution in [0, 0.1) is 6.92 Å². The Kier molecular flexibility index (Phi) is 3.99. The molecule has 0 bridgehead atoms. The van der Waals surface area contributed by atoms with Gasteiger partial charge in [0.15, 0.2) is 0 Å². The molecule has 0 radical (unpaired) electrons. The lowest BCUT2D eigenvalue weighted by atomic mass is 10.1. The standard InChI is InChI=1S/C12H12Br2N2O/c1-3-9(13)12-16-15-11(17-12)8-4-5-10(14)7(2)6-8/h4-6,9H,3H2,1-2H3. The summed E-state index contributed by atoms with van der Waals surface area (Å²) in [5.41, 5.74) is 2.09. The SMILES string of the molecule is CCC(Br)c1nnc(-c2ccc(Br)c(C)c2)o1. The van der Waals surface area contributed by atoms with Crippen molar-refractivity contribution in [2.75, 3.05) is 0 Å². The first kappa shape index (κ1) is 12.8. The van der Waals surface area contributed by atoms with Crippen molar-refractivity contribution in [2.45, 2.75) is 25.1 Å². The van der Waals surface area contributed by atoms with Crippen molar-refractivity contribution in [1.82, 2.24) is 10.2 Å². The van der Waals surface area contributed by atoms with Gasteiger partial charge in [-0.2, -0.15) is 0 Å². The van der Waals surface area contributed by atoms with Crippen LogP contribution < -0.4 is 0 Å². The number of alkyl halides is 1. The van der Waals surface area contributed by atoms with Gasteiger partial charge in [0, 0.05) is 10.0 Å². The van der Waals surface area contributed by atoms with Gasteiger partial charge in [-0.25, -0.2) is 0 Å². The van der Waals surface area contributed by atoms with Gasteiger partial charge in [0.2, 0.25) is 11.8 Å². The van der Waals surface area contributed by atoms with Crippen molar-refractivity contribution in [3.8, 4) is 11.5 Å². The summed E-state index contributed by atoms with van der Waals surface area (Å²) in [6.45, 7) is 4.09. The molecule has 2 rings (SSSR count). The molecule has 17 heavy (non-hydrogen) atoms. The number of aromatic nitrogens is 2. The van der Waals surface area contributed by atoms with Gasteiger partial charge in [0.1, 0.15) is 0 Å². The summed E-state index contributed by atoms with van der Waals surface area (Å²) >= 11 is 6.96. The Morgan fingerprint density at radius 1 is 1.35 bits per heavy atom. The molecule has 0 aliphatic heterocycles. The Morgan fingerprint density at radius 3 is 2.76 bits per heavy atom. The Bertz CT molecular complexity index is 525. The molecule has 3 nitrogen and oxygen atoms in total. The van der Waals surface area contributed by atoms with Crippen LogP contribution in [0.3, 0.4) is 0 Å². The van der Waals surface area contributed by atoms with Gasteiger partial charge in [-0.1, -0.05) is 38.8 Å². The fourth-order valence-electron chi connectivity index (χ4n) is 1.43. The highest BCUT2D eigenvalue weighted by Crippen LogP contribution is 2.29. The fraction of sp³-hybridized carbons (Fsp3) is 0.333. The molecule has 0 amide bonds. The number of nitrogens with zero attached hydrogens (tertiary/aromatic N) is 2. The van der Waals surface area contributed by atoms with Crippen LogP contribution in [0.2, 0.25) is 0 Å². The Hall–Kier alpha value is -0.680. The molecule has 1 aromatic heterocycles. The summed E-state index contributed by atoms with van der Waals surface area (Å²) in [7, 11) is 0. The molecule has 5 heteroatoms. The zero-order chi connectivity index (χ0) is 12.4. The maximum absolute atomic E-state index is 5.63. The van der Waals surface area contributed by atoms with E-state index in [-0.39, 0.29) is 4.83 Å². The lowest BCUT2D eigenvalue weighted by Crippen LogP contribution is -1.86. The smallest absolute Gasteiger partial charge is 0.247 e. The highest BCUT2D eigenvalue weighted by molar-refractivity contribution is 9.10. The summed E-state index contributed by atoms with van der Waals surface area (Å²) in [6, 6.07) is 5.97. The van der Waals surface area contributed by atoms with Crippen LogP contribution >= 0.6 is 31.9 Å². The molecule has 2 aromatic rings. The summed E-state index contributed by atoms with van der Waals surface area (Å²) in [6.07, 6.45) is 0.918. The molecular weight excluding hydrogens is 348 g/mol. The molecule has 0 N–H and O–H groups in total. The van der Waals surface area contributed by atoms with Crippen LogP contribution in [0.4, 0.5) is 0 Å². The minimum absolute atomic E-state index is 0.125. The van der Waals surface area contributed by atoms with Gasteiger partial charge < -0.3 is 4.42 Å². The number of benzene rings is 1. The van der Waals surface area contributed by atoms with E-state index < -0.39 is 0 Å². The Labute approximate surface area is 117 Å². The summed E-state index contributed by atoms with van der Waals surface area (Å²) in [5, 5.41) is 8.10. The lowest BCUT2D eigenvalue weighted by Gasteiger charge is -2.00. The number of hydrogen-bond donors (Lipinski definition) is 0. The number of aryl methyl sites for hydroxylation is 1. The third-order valence-corrected chi connectivity index (χ3v) is 4.40. The van der Waals surface area contributed by atoms with Crippen molar-refractivity contribution >= 4 is 31.9 Å². The molecule has 1 atom stereocenters. The minimum Gasteiger partial charge on any atom is -0.419 e. The highest BCUT2D eigenvalue weighted by atomic mass is 79.9. The van der Waals surface area contributed by atoms with E-state index in [4.69, 9.17) is 4.42 Å². The van der Waals surface area contributed by atoms with E-state index >= 15 is 0 Å². The topological polar surface area (TPSA) is 38.9 Å². The molecule has 0 saturated carbocycles. The molecule has 0 spiro atoms. The van der Waals surface area contributed by atoms with Crippen LogP contribution in [0.25, 0.3) is 11.5 Å². The largest absolute Gasteiger partial charge is 0.419 e. The van der Waals surface area contributed by atoms with Gasteiger partial charge in [-0.15, -0.1) is 10.2 Å². The van der Waals surface area contributed by atoms with Crippen molar-refractivity contribution < 1.29 is 4.42 Å². The first-order valence-corrected chi connectivity index (χ1v) is 7.06. The van der Waals surface area contributed by atoms with Gasteiger partial charge >= 0.3 is 0 Å². The van der Waals surface area contributed by atoms with Gasteiger partial charge in [-0.3, -0.25) is 0 Å². The average molecular weight is 360 g/mol. The number of rotatable bonds is 3. The molecule has 1 heterocycles. The molecule has 1 unspecified atom stereocenters. The zero-order valence-electron chi connectivity index (χ0n) is 9.58. The molecule has 1 aromatic carbocycles. The number of halogens is 2. The Morgan fingerprint density at radius 2 is 2.12 bits per heavy atom. The van der Waals surface area contributed by atoms with Crippen LogP contribution in [0.1, 0.15) is 29.6 Å². The Balaban J connectivity index is 2.33. The second-order valence-corrected chi connectivity index (χ2v) is 5.74. The predicted octanol–water partition coefficient (Wildman–Crippen LogP) is 4.65. The van der Waals surface area contributed by atoms with Crippen molar-refractivity contribution in [3.05, 3.63) is 34.1 Å². The highest BCUT2D eigenvalue weighted by Gasteiger charge is 2.14. The molecule has 0 saturated heterocycles. The van der Waals surface area contributed by atoms with Crippen molar-refractivity contribution in [3.63, 3.8) is 0 Å². The summed E-state index contributed by atoms with van der Waals surface area (Å²) < 4.78 is 6.71. The normalized spacial score (nSPS) is 12.7. The van der Waals surface area contributed by atoms with Crippen LogP contribution in [-0.4, -0.2) is 10.2 Å². The summed E-state index contributed by atoms with van der Waals surface area (Å²) in [5.74, 6) is 1.19. The first-order chi connectivity index (χ1) is 8.11. The van der Waals surface area contributed by atoms with E-state index in [1.807, 2.05) is 25.1 Å². The van der Waals surface area contributed by atoms with E-state index in [9.17, 15) is 0 Å². The molecule has 0 fully saturated rings. The first-order valence-electron chi connectivity index (χ1n) is 5.35. The van der Waals surface area contributed by atoms with E-state index in [1.54, 1.807) is 0 Å². The van der Waals surface area contributed by atoms with Gasteiger partial charge in [0.05, 0.1) is 4.83 Å². The average Bonchev–Trinajstić information content (AvgIpc) is 2.81. The third kappa shape index (κ3) is 2.77. The maximum Gasteiger partial charge on any atom is 0.247 e. The maximum atomic E-state index is 5.63. The summed E-state index contributed by atoms with van der Waals surface area (Å²) in [4.78, 5) is 0.125. The molecule has 0 aliphatic carbocycles. The monoisotopic (exact) mass is 358 g/mol. The molecule has 0 aliphatic rings. The second-order valence-electron chi connectivity index (χ2n) is 3.79. The van der Waals surface area contributed by atoms with Crippen LogP contribution in [0.15, 0.2) is 27.1 Å². The quantitative estimate of drug-likeness (QED) is 0.748. The van der Waals surface area contributed by atoms with Crippen molar-refractivity contribution in [1.29, 1.82) is 0 Å². The second kappa shape index (κ2) is 5.31. The minimum atomic E-state index is 0.125. The predicted molar refractivity (Wildman–Crippen MR) is 74.1 cm³/mol.